The van der Waals surface area contributed by atoms with E-state index in [2.05, 4.69) is 32.6 Å². The molecule has 4 heterocycles. The van der Waals surface area contributed by atoms with E-state index < -0.39 is 0 Å². The topological polar surface area (TPSA) is 88.0 Å². The zero-order chi connectivity index (χ0) is 21.9. The average Bonchev–Trinajstić information content (AvgIpc) is 3.30. The van der Waals surface area contributed by atoms with Crippen molar-refractivity contribution < 1.29 is 19.0 Å². The molecule has 2 atom stereocenters. The summed E-state index contributed by atoms with van der Waals surface area (Å²) in [5.74, 6) is 2.44. The van der Waals surface area contributed by atoms with Crippen molar-refractivity contribution in [3.8, 4) is 11.5 Å². The Hall–Kier alpha value is -3.07. The fourth-order valence-electron chi connectivity index (χ4n) is 4.48. The predicted molar refractivity (Wildman–Crippen MR) is 119 cm³/mol. The van der Waals surface area contributed by atoms with Crippen LogP contribution >= 0.6 is 0 Å². The summed E-state index contributed by atoms with van der Waals surface area (Å²) in [7, 11) is 0. The van der Waals surface area contributed by atoms with Crippen LogP contribution in [0.3, 0.4) is 0 Å². The highest BCUT2D eigenvalue weighted by atomic mass is 16.7. The Kier molecular flexibility index (Phi) is 5.98. The van der Waals surface area contributed by atoms with Gasteiger partial charge >= 0.3 is 5.97 Å². The van der Waals surface area contributed by atoms with Gasteiger partial charge in [-0.3, -0.25) is 9.80 Å². The van der Waals surface area contributed by atoms with E-state index in [-0.39, 0.29) is 30.8 Å². The number of aliphatic imine (C=N–C) groups is 2. The van der Waals surface area contributed by atoms with Crippen LogP contribution in [0.1, 0.15) is 31.7 Å². The number of nitrogens with zero attached hydrogens (tertiary/aromatic N) is 4. The standard InChI is InChI=1S/C23H29N5O4/c1-2-30-22(29)17-7-10-27(11-8-17)23-24-14-18-4-3-9-28(21(18)26-23)25-13-16-5-6-19-20(12-16)32-15-31-19/h3,5-6,9,12,14,17-18,21,25H,2,4,7-8,10-11,13,15H2,1H3. The van der Waals surface area contributed by atoms with Gasteiger partial charge in [-0.1, -0.05) is 12.1 Å². The molecule has 32 heavy (non-hydrogen) atoms. The molecule has 0 saturated carbocycles. The Morgan fingerprint density at radius 3 is 2.94 bits per heavy atom. The Labute approximate surface area is 187 Å². The minimum Gasteiger partial charge on any atom is -0.466 e. The van der Waals surface area contributed by atoms with Gasteiger partial charge in [-0.2, -0.15) is 0 Å². The van der Waals surface area contributed by atoms with Gasteiger partial charge in [0.1, 0.15) is 6.17 Å². The first kappa shape index (κ1) is 20.8. The molecule has 4 aliphatic heterocycles. The molecule has 9 heteroatoms. The van der Waals surface area contributed by atoms with Crippen molar-refractivity contribution in [3.05, 3.63) is 36.0 Å². The van der Waals surface area contributed by atoms with E-state index in [1.807, 2.05) is 31.3 Å². The Bertz CT molecular complexity index is 938. The molecule has 1 N–H and O–H groups in total. The second-order valence-electron chi connectivity index (χ2n) is 8.35. The van der Waals surface area contributed by atoms with Crippen molar-refractivity contribution in [1.82, 2.24) is 15.3 Å². The monoisotopic (exact) mass is 439 g/mol. The molecule has 0 bridgehead atoms. The molecule has 0 aliphatic carbocycles. The fourth-order valence-corrected chi connectivity index (χ4v) is 4.48. The number of benzene rings is 1. The number of hydrogen-bond donors (Lipinski definition) is 1. The number of hydrazine groups is 1. The first-order valence-corrected chi connectivity index (χ1v) is 11.3. The summed E-state index contributed by atoms with van der Waals surface area (Å²) in [6, 6.07) is 5.99. The Morgan fingerprint density at radius 1 is 1.25 bits per heavy atom. The lowest BCUT2D eigenvalue weighted by molar-refractivity contribution is -0.149. The Morgan fingerprint density at radius 2 is 2.09 bits per heavy atom. The number of nitrogens with one attached hydrogen (secondary N) is 1. The number of hydrogen-bond acceptors (Lipinski definition) is 9. The summed E-state index contributed by atoms with van der Waals surface area (Å²) in [5, 5.41) is 2.06. The number of fused-ring (bicyclic) bond motifs is 2. The number of esters is 1. The van der Waals surface area contributed by atoms with Crippen LogP contribution in [0.5, 0.6) is 11.5 Å². The third-order valence-electron chi connectivity index (χ3n) is 6.27. The third-order valence-corrected chi connectivity index (χ3v) is 6.27. The smallest absolute Gasteiger partial charge is 0.309 e. The number of rotatable bonds is 5. The van der Waals surface area contributed by atoms with Gasteiger partial charge in [-0.15, -0.1) is 0 Å². The lowest BCUT2D eigenvalue weighted by atomic mass is 9.97. The van der Waals surface area contributed by atoms with Crippen LogP contribution in [0.25, 0.3) is 0 Å². The van der Waals surface area contributed by atoms with Crippen LogP contribution < -0.4 is 14.9 Å². The first-order valence-electron chi connectivity index (χ1n) is 11.3. The van der Waals surface area contributed by atoms with Gasteiger partial charge in [-0.05, 0) is 43.9 Å². The summed E-state index contributed by atoms with van der Waals surface area (Å²) < 4.78 is 16.1. The molecule has 9 nitrogen and oxygen atoms in total. The van der Waals surface area contributed by atoms with Crippen LogP contribution in [-0.4, -0.2) is 60.7 Å². The minimum absolute atomic E-state index is 0.0235. The number of allylic oxidation sites excluding steroid dienone is 1. The van der Waals surface area contributed by atoms with Crippen LogP contribution in [0, 0.1) is 11.8 Å². The molecule has 0 radical (unpaired) electrons. The van der Waals surface area contributed by atoms with E-state index in [4.69, 9.17) is 19.2 Å². The van der Waals surface area contributed by atoms with Crippen molar-refractivity contribution in [3.63, 3.8) is 0 Å². The highest BCUT2D eigenvalue weighted by Gasteiger charge is 2.33. The van der Waals surface area contributed by atoms with E-state index in [0.29, 0.717) is 13.2 Å². The molecule has 4 aliphatic rings. The summed E-state index contributed by atoms with van der Waals surface area (Å²) in [4.78, 5) is 23.8. The maximum atomic E-state index is 12.0. The van der Waals surface area contributed by atoms with Crippen LogP contribution in [-0.2, 0) is 16.1 Å². The van der Waals surface area contributed by atoms with Gasteiger partial charge in [0, 0.05) is 38.0 Å². The molecule has 1 aromatic carbocycles. The molecular weight excluding hydrogens is 410 g/mol. The van der Waals surface area contributed by atoms with Crippen molar-refractivity contribution >= 4 is 18.1 Å². The van der Waals surface area contributed by atoms with Crippen molar-refractivity contribution in [1.29, 1.82) is 0 Å². The Balaban J connectivity index is 1.22. The van der Waals surface area contributed by atoms with Gasteiger partial charge in [-0.25, -0.2) is 15.4 Å². The van der Waals surface area contributed by atoms with Crippen LogP contribution in [0.2, 0.25) is 0 Å². The molecule has 2 unspecified atom stereocenters. The minimum atomic E-state index is -0.0855. The SMILES string of the molecule is CCOC(=O)C1CCN(C2=NC3C(C=N2)CC=CN3NCc2ccc3c(c2)OCO3)CC1. The molecular formula is C23H29N5O4. The van der Waals surface area contributed by atoms with Gasteiger partial charge in [0.05, 0.1) is 12.5 Å². The van der Waals surface area contributed by atoms with E-state index in [1.54, 1.807) is 0 Å². The highest BCUT2D eigenvalue weighted by Crippen LogP contribution is 2.32. The summed E-state index contributed by atoms with van der Waals surface area (Å²) in [6.07, 6.45) is 8.62. The zero-order valence-electron chi connectivity index (χ0n) is 18.3. The fraction of sp³-hybridized carbons (Fsp3) is 0.522. The van der Waals surface area contributed by atoms with Crippen LogP contribution in [0.15, 0.2) is 40.5 Å². The predicted octanol–water partition coefficient (Wildman–Crippen LogP) is 2.30. The van der Waals surface area contributed by atoms with Gasteiger partial charge < -0.3 is 19.1 Å². The lowest BCUT2D eigenvalue weighted by Crippen LogP contribution is -2.50. The average molecular weight is 440 g/mol. The number of likely N-dealkylation sites (tertiary alicyclic amines) is 1. The number of guanidine groups is 1. The molecule has 170 valence electrons. The molecule has 1 aromatic rings. The van der Waals surface area contributed by atoms with Crippen molar-refractivity contribution in [2.24, 2.45) is 21.8 Å². The van der Waals surface area contributed by atoms with E-state index >= 15 is 0 Å². The highest BCUT2D eigenvalue weighted by molar-refractivity contribution is 5.91. The third kappa shape index (κ3) is 4.29. The number of ether oxygens (including phenoxy) is 3. The van der Waals surface area contributed by atoms with Gasteiger partial charge in [0.25, 0.3) is 0 Å². The summed E-state index contributed by atoms with van der Waals surface area (Å²) in [6.45, 7) is 4.73. The lowest BCUT2D eigenvalue weighted by Gasteiger charge is -2.39. The maximum absolute atomic E-state index is 12.0. The first-order chi connectivity index (χ1) is 15.7. The normalized spacial score (nSPS) is 24.3. The van der Waals surface area contributed by atoms with Gasteiger partial charge in [0.2, 0.25) is 12.8 Å². The molecule has 5 rings (SSSR count). The molecule has 1 saturated heterocycles. The van der Waals surface area contributed by atoms with Gasteiger partial charge in [0.15, 0.2) is 11.5 Å². The van der Waals surface area contributed by atoms with E-state index in [9.17, 15) is 4.79 Å². The van der Waals surface area contributed by atoms with E-state index in [0.717, 1.165) is 55.4 Å². The summed E-state index contributed by atoms with van der Waals surface area (Å²) in [5.41, 5.74) is 4.60. The largest absolute Gasteiger partial charge is 0.466 e. The number of piperidine rings is 1. The van der Waals surface area contributed by atoms with Crippen LogP contribution in [0.4, 0.5) is 0 Å². The van der Waals surface area contributed by atoms with E-state index in [1.165, 1.54) is 0 Å². The molecule has 0 aromatic heterocycles. The second-order valence-corrected chi connectivity index (χ2v) is 8.35. The second kappa shape index (κ2) is 9.20. The maximum Gasteiger partial charge on any atom is 0.309 e. The van der Waals surface area contributed by atoms with Crippen molar-refractivity contribution in [2.45, 2.75) is 38.9 Å². The number of carbonyl (C=O) groups is 1. The quantitative estimate of drug-likeness (QED) is 0.705. The molecule has 1 fully saturated rings. The zero-order valence-corrected chi connectivity index (χ0v) is 18.3. The molecule has 0 amide bonds. The molecule has 0 spiro atoms. The summed E-state index contributed by atoms with van der Waals surface area (Å²) >= 11 is 0. The van der Waals surface area contributed by atoms with Crippen molar-refractivity contribution in [2.75, 3.05) is 26.5 Å². The number of carbonyl (C=O) groups excluding carboxylic acids is 1.